The summed E-state index contributed by atoms with van der Waals surface area (Å²) in [7, 11) is 3.04. The van der Waals surface area contributed by atoms with Crippen molar-refractivity contribution in [1.82, 2.24) is 10.4 Å². The molecule has 1 atom stereocenters. The first-order valence-corrected chi connectivity index (χ1v) is 10.7. The Labute approximate surface area is 196 Å². The Morgan fingerprint density at radius 3 is 2.56 bits per heavy atom. The van der Waals surface area contributed by atoms with Gasteiger partial charge in [-0.15, -0.1) is 0 Å². The average molecular weight is 460 g/mol. The second-order valence-electron chi connectivity index (χ2n) is 7.91. The molecule has 1 heterocycles. The van der Waals surface area contributed by atoms with Gasteiger partial charge in [0.25, 0.3) is 5.91 Å². The number of carbonyl (C=O) groups is 2. The van der Waals surface area contributed by atoms with Gasteiger partial charge >= 0.3 is 0 Å². The summed E-state index contributed by atoms with van der Waals surface area (Å²) >= 11 is 0. The van der Waals surface area contributed by atoms with Crippen LogP contribution in [-0.4, -0.2) is 36.0 Å². The van der Waals surface area contributed by atoms with Gasteiger partial charge in [-0.1, -0.05) is 0 Å². The van der Waals surface area contributed by atoms with Gasteiger partial charge < -0.3 is 20.3 Å². The molecular weight excluding hydrogens is 436 g/mol. The lowest BCUT2D eigenvalue weighted by Gasteiger charge is -2.39. The Morgan fingerprint density at radius 1 is 1.18 bits per heavy atom. The molecule has 0 saturated carbocycles. The van der Waals surface area contributed by atoms with E-state index in [0.717, 1.165) is 0 Å². The Kier molecular flexibility index (Phi) is 6.15. The zero-order valence-corrected chi connectivity index (χ0v) is 18.8. The van der Waals surface area contributed by atoms with Crippen LogP contribution in [0.4, 0.5) is 0 Å². The molecular formula is C25H24N4O5. The van der Waals surface area contributed by atoms with Gasteiger partial charge in [-0.3, -0.25) is 15.0 Å². The van der Waals surface area contributed by atoms with Crippen LogP contribution in [0.2, 0.25) is 0 Å². The molecule has 0 aromatic heterocycles. The maximum absolute atomic E-state index is 13.2. The van der Waals surface area contributed by atoms with Crippen molar-refractivity contribution in [2.24, 2.45) is 5.73 Å². The molecule has 1 aliphatic carbocycles. The Hall–Kier alpha value is -4.45. The smallest absolute Gasteiger partial charge is 0.270 e. The first-order valence-electron chi connectivity index (χ1n) is 10.7. The number of nitriles is 1. The fourth-order valence-corrected chi connectivity index (χ4v) is 4.37. The van der Waals surface area contributed by atoms with Gasteiger partial charge in [-0.05, 0) is 55.3 Å². The van der Waals surface area contributed by atoms with Crippen molar-refractivity contribution in [1.29, 1.82) is 5.26 Å². The van der Waals surface area contributed by atoms with Crippen LogP contribution in [-0.2, 0) is 4.79 Å². The van der Waals surface area contributed by atoms with Crippen LogP contribution in [0.5, 0.6) is 17.2 Å². The number of aromatic hydroxyl groups is 1. The van der Waals surface area contributed by atoms with E-state index in [-0.39, 0.29) is 28.5 Å². The largest absolute Gasteiger partial charge is 0.508 e. The van der Waals surface area contributed by atoms with Crippen LogP contribution in [0.25, 0.3) is 0 Å². The second-order valence-corrected chi connectivity index (χ2v) is 7.91. The van der Waals surface area contributed by atoms with Gasteiger partial charge in [0.05, 0.1) is 31.8 Å². The van der Waals surface area contributed by atoms with Crippen LogP contribution in [0, 0.1) is 11.3 Å². The molecule has 0 bridgehead atoms. The first kappa shape index (κ1) is 22.7. The van der Waals surface area contributed by atoms with E-state index in [4.69, 9.17) is 15.2 Å². The Balaban J connectivity index is 1.85. The first-order chi connectivity index (χ1) is 16.4. The van der Waals surface area contributed by atoms with Crippen molar-refractivity contribution in [2.45, 2.75) is 25.2 Å². The number of nitrogens with two attached hydrogens (primary N) is 1. The molecule has 4 rings (SSSR count). The molecule has 1 amide bonds. The van der Waals surface area contributed by atoms with Crippen molar-refractivity contribution >= 4 is 11.7 Å². The van der Waals surface area contributed by atoms with E-state index in [1.165, 1.54) is 43.5 Å². The van der Waals surface area contributed by atoms with Crippen LogP contribution in [0.15, 0.2) is 65.1 Å². The molecule has 174 valence electrons. The van der Waals surface area contributed by atoms with E-state index in [9.17, 15) is 20.0 Å². The van der Waals surface area contributed by atoms with Gasteiger partial charge in [0, 0.05) is 28.8 Å². The fraction of sp³-hybridized carbons (Fsp3) is 0.240. The number of rotatable bonds is 5. The third-order valence-electron chi connectivity index (χ3n) is 6.00. The lowest BCUT2D eigenvalue weighted by molar-refractivity contribution is -0.116. The Morgan fingerprint density at radius 2 is 1.91 bits per heavy atom. The van der Waals surface area contributed by atoms with Crippen molar-refractivity contribution in [3.8, 4) is 23.3 Å². The number of carbonyl (C=O) groups excluding carboxylic acids is 2. The Bertz CT molecular complexity index is 1260. The van der Waals surface area contributed by atoms with Crippen molar-refractivity contribution < 1.29 is 24.2 Å². The van der Waals surface area contributed by atoms with Crippen LogP contribution < -0.4 is 20.6 Å². The van der Waals surface area contributed by atoms with Crippen molar-refractivity contribution in [3.63, 3.8) is 0 Å². The highest BCUT2D eigenvalue weighted by Crippen LogP contribution is 2.47. The van der Waals surface area contributed by atoms with E-state index in [1.54, 1.807) is 18.2 Å². The van der Waals surface area contributed by atoms with Crippen LogP contribution in [0.3, 0.4) is 0 Å². The van der Waals surface area contributed by atoms with E-state index in [2.05, 4.69) is 11.5 Å². The highest BCUT2D eigenvalue weighted by Gasteiger charge is 2.41. The van der Waals surface area contributed by atoms with Gasteiger partial charge in [0.1, 0.15) is 23.1 Å². The minimum absolute atomic E-state index is 0.0259. The summed E-state index contributed by atoms with van der Waals surface area (Å²) in [5.41, 5.74) is 11.1. The fourth-order valence-electron chi connectivity index (χ4n) is 4.37. The molecule has 1 aliphatic heterocycles. The quantitative estimate of drug-likeness (QED) is 0.619. The summed E-state index contributed by atoms with van der Waals surface area (Å²) in [4.78, 5) is 26.1. The van der Waals surface area contributed by atoms with E-state index in [1.807, 2.05) is 0 Å². The minimum atomic E-state index is -0.764. The topological polar surface area (TPSA) is 138 Å². The number of hydrogen-bond acceptors (Lipinski definition) is 8. The molecule has 2 aliphatic rings. The zero-order chi connectivity index (χ0) is 24.4. The highest BCUT2D eigenvalue weighted by molar-refractivity contribution is 6.00. The summed E-state index contributed by atoms with van der Waals surface area (Å²) in [5.74, 6) is -0.308. The number of ketones is 1. The number of ether oxygens (including phenoxy) is 2. The number of allylic oxidation sites excluding steroid dienone is 3. The lowest BCUT2D eigenvalue weighted by atomic mass is 9.75. The third-order valence-corrected chi connectivity index (χ3v) is 6.00. The number of hydrazine groups is 1. The van der Waals surface area contributed by atoms with E-state index < -0.39 is 11.8 Å². The summed E-state index contributed by atoms with van der Waals surface area (Å²) in [6, 6.07) is 13.0. The zero-order valence-electron chi connectivity index (χ0n) is 18.8. The van der Waals surface area contributed by atoms with Gasteiger partial charge in [-0.2, -0.15) is 5.26 Å². The third kappa shape index (κ3) is 3.90. The minimum Gasteiger partial charge on any atom is -0.508 e. The number of nitrogens with one attached hydrogen (secondary N) is 1. The molecule has 34 heavy (non-hydrogen) atoms. The van der Waals surface area contributed by atoms with Crippen molar-refractivity contribution in [3.05, 3.63) is 76.3 Å². The standard InChI is InChI=1S/C25H24N4O5/c1-33-16-10-11-21(34-2)17(12-16)22-18(13-26)24(27)29(19-4-3-5-20(31)23(19)22)28-25(32)14-6-8-15(30)9-7-14/h6-12,22,30H,3-5,27H2,1-2H3,(H,28,32). The number of Topliss-reactive ketones (excluding diaryl/α,β-unsaturated/α-hetero) is 1. The van der Waals surface area contributed by atoms with Crippen LogP contribution in [0.1, 0.15) is 41.1 Å². The molecule has 9 nitrogen and oxygen atoms in total. The molecule has 0 saturated heterocycles. The lowest BCUT2D eigenvalue weighted by Crippen LogP contribution is -2.48. The molecule has 0 fully saturated rings. The van der Waals surface area contributed by atoms with E-state index >= 15 is 0 Å². The normalized spacial score (nSPS) is 17.7. The molecule has 2 aromatic rings. The summed E-state index contributed by atoms with van der Waals surface area (Å²) in [5, 5.41) is 20.9. The molecule has 4 N–H and O–H groups in total. The van der Waals surface area contributed by atoms with Crippen molar-refractivity contribution in [2.75, 3.05) is 14.2 Å². The predicted octanol–water partition coefficient (Wildman–Crippen LogP) is 2.85. The summed E-state index contributed by atoms with van der Waals surface area (Å²) < 4.78 is 10.9. The molecule has 9 heteroatoms. The SMILES string of the molecule is COc1ccc(OC)c(C2C(C#N)=C(N)N(NC(=O)c3ccc(O)cc3)C3=C2C(=O)CCC3)c1. The average Bonchev–Trinajstić information content (AvgIpc) is 2.85. The summed E-state index contributed by atoms with van der Waals surface area (Å²) in [6.45, 7) is 0. The van der Waals surface area contributed by atoms with Gasteiger partial charge in [0.2, 0.25) is 0 Å². The van der Waals surface area contributed by atoms with Gasteiger partial charge in [0.15, 0.2) is 5.78 Å². The maximum atomic E-state index is 13.2. The van der Waals surface area contributed by atoms with Crippen LogP contribution >= 0.6 is 0 Å². The monoisotopic (exact) mass is 460 g/mol. The number of methoxy groups -OCH3 is 2. The molecule has 0 spiro atoms. The molecule has 2 aromatic carbocycles. The number of amides is 1. The predicted molar refractivity (Wildman–Crippen MR) is 122 cm³/mol. The number of benzene rings is 2. The summed E-state index contributed by atoms with van der Waals surface area (Å²) in [6.07, 6.45) is 1.39. The number of nitrogens with zero attached hydrogens (tertiary/aromatic N) is 2. The second kappa shape index (κ2) is 9.19. The number of hydrogen-bond donors (Lipinski definition) is 3. The highest BCUT2D eigenvalue weighted by atomic mass is 16.5. The number of phenols is 1. The molecule has 0 radical (unpaired) electrons. The maximum Gasteiger partial charge on any atom is 0.270 e. The van der Waals surface area contributed by atoms with Gasteiger partial charge in [-0.25, -0.2) is 5.01 Å². The van der Waals surface area contributed by atoms with E-state index in [0.29, 0.717) is 47.6 Å². The molecule has 1 unspecified atom stereocenters. The number of phenolic OH excluding ortho intramolecular Hbond substituents is 1.